The Morgan fingerprint density at radius 1 is 1.19 bits per heavy atom. The van der Waals surface area contributed by atoms with Gasteiger partial charge in [-0.25, -0.2) is 4.98 Å². The van der Waals surface area contributed by atoms with Crippen LogP contribution in [0.5, 0.6) is 0 Å². The van der Waals surface area contributed by atoms with Gasteiger partial charge in [0.1, 0.15) is 5.15 Å². The third-order valence-electron chi connectivity index (χ3n) is 4.50. The maximum absolute atomic E-state index is 5.82. The molecule has 0 aliphatic carbocycles. The van der Waals surface area contributed by atoms with E-state index in [2.05, 4.69) is 58.8 Å². The van der Waals surface area contributed by atoms with Crippen LogP contribution in [0.4, 0.5) is 0 Å². The van der Waals surface area contributed by atoms with E-state index >= 15 is 0 Å². The zero-order valence-corrected chi connectivity index (χ0v) is 16.6. The molecule has 0 saturated carbocycles. The van der Waals surface area contributed by atoms with Gasteiger partial charge in [0.05, 0.1) is 0 Å². The summed E-state index contributed by atoms with van der Waals surface area (Å²) in [6.07, 6.45) is 5.69. The van der Waals surface area contributed by atoms with Crippen molar-refractivity contribution in [3.8, 4) is 0 Å². The highest BCUT2D eigenvalue weighted by atomic mass is 35.5. The van der Waals surface area contributed by atoms with Gasteiger partial charge in [-0.1, -0.05) is 35.9 Å². The molecule has 0 radical (unpaired) electrons. The fourth-order valence-electron chi connectivity index (χ4n) is 3.08. The van der Waals surface area contributed by atoms with Crippen molar-refractivity contribution in [3.63, 3.8) is 0 Å². The topological polar surface area (TPSA) is 65.1 Å². The Kier molecular flexibility index (Phi) is 6.71. The summed E-state index contributed by atoms with van der Waals surface area (Å²) in [4.78, 5) is 12.2. The Morgan fingerprint density at radius 3 is 2.85 bits per heavy atom. The summed E-state index contributed by atoms with van der Waals surface area (Å²) < 4.78 is 0. The Balaban J connectivity index is 1.55. The van der Waals surface area contributed by atoms with Gasteiger partial charge < -0.3 is 15.6 Å². The molecule has 3 aromatic rings. The third kappa shape index (κ3) is 5.23. The highest BCUT2D eigenvalue weighted by Crippen LogP contribution is 2.21. The predicted octanol–water partition coefficient (Wildman–Crippen LogP) is 3.87. The number of H-pyrrole nitrogens is 1. The lowest BCUT2D eigenvalue weighted by molar-refractivity contribution is 0.795. The largest absolute Gasteiger partial charge is 0.361 e. The lowest BCUT2D eigenvalue weighted by atomic mass is 10.1. The highest BCUT2D eigenvalue weighted by Gasteiger charge is 2.05. The normalized spacial score (nSPS) is 11.7. The molecule has 0 aliphatic rings. The summed E-state index contributed by atoms with van der Waals surface area (Å²) in [7, 11) is 0. The molecule has 0 saturated heterocycles. The summed E-state index contributed by atoms with van der Waals surface area (Å²) in [5.41, 5.74) is 4.95. The van der Waals surface area contributed by atoms with Crippen molar-refractivity contribution in [1.82, 2.24) is 20.6 Å². The van der Waals surface area contributed by atoms with E-state index in [4.69, 9.17) is 16.6 Å². The first-order valence-corrected chi connectivity index (χ1v) is 9.73. The molecule has 3 rings (SSSR count). The van der Waals surface area contributed by atoms with E-state index in [1.807, 2.05) is 18.3 Å². The Morgan fingerprint density at radius 2 is 2.07 bits per heavy atom. The molecule has 5 nitrogen and oxygen atoms in total. The number of halogens is 1. The van der Waals surface area contributed by atoms with Gasteiger partial charge in [-0.05, 0) is 49.4 Å². The smallest absolute Gasteiger partial charge is 0.191 e. The SMILES string of the molecule is CCNC(=NCCc1c[nH]c2c(C)cccc12)NCCc1ccc(Cl)nc1. The molecule has 0 aliphatic heterocycles. The van der Waals surface area contributed by atoms with Crippen LogP contribution in [-0.2, 0) is 12.8 Å². The standard InChI is InChI=1S/C21H26ClN5/c1-3-23-21(24-11-9-16-7-8-19(22)26-13-16)25-12-10-17-14-27-20-15(2)5-4-6-18(17)20/h4-8,13-14,27H,3,9-12H2,1-2H3,(H2,23,24,25). The number of nitrogens with zero attached hydrogens (tertiary/aromatic N) is 2. The average Bonchev–Trinajstić information content (AvgIpc) is 3.08. The maximum atomic E-state index is 5.82. The molecule has 1 aromatic carbocycles. The van der Waals surface area contributed by atoms with Crippen molar-refractivity contribution < 1.29 is 0 Å². The van der Waals surface area contributed by atoms with Crippen molar-refractivity contribution in [2.75, 3.05) is 19.6 Å². The van der Waals surface area contributed by atoms with Crippen LogP contribution in [-0.4, -0.2) is 35.6 Å². The summed E-state index contributed by atoms with van der Waals surface area (Å²) in [5.74, 6) is 0.843. The van der Waals surface area contributed by atoms with Crippen molar-refractivity contribution >= 4 is 28.5 Å². The molecule has 0 unspecified atom stereocenters. The van der Waals surface area contributed by atoms with E-state index in [0.717, 1.165) is 44.0 Å². The lowest BCUT2D eigenvalue weighted by Gasteiger charge is -2.11. The summed E-state index contributed by atoms with van der Waals surface area (Å²) in [5, 5.41) is 8.49. The molecule has 142 valence electrons. The molecule has 0 spiro atoms. The number of fused-ring (bicyclic) bond motifs is 1. The molecule has 0 fully saturated rings. The van der Waals surface area contributed by atoms with Crippen LogP contribution in [0, 0.1) is 6.92 Å². The van der Waals surface area contributed by atoms with Crippen LogP contribution in [0.15, 0.2) is 47.7 Å². The van der Waals surface area contributed by atoms with Crippen LogP contribution < -0.4 is 10.6 Å². The monoisotopic (exact) mass is 383 g/mol. The van der Waals surface area contributed by atoms with E-state index < -0.39 is 0 Å². The van der Waals surface area contributed by atoms with Gasteiger partial charge in [0, 0.05) is 42.9 Å². The highest BCUT2D eigenvalue weighted by molar-refractivity contribution is 6.29. The van der Waals surface area contributed by atoms with E-state index in [1.54, 1.807) is 0 Å². The number of rotatable bonds is 7. The first-order chi connectivity index (χ1) is 13.2. The van der Waals surface area contributed by atoms with E-state index in [0.29, 0.717) is 5.15 Å². The molecule has 0 bridgehead atoms. The molecular formula is C21H26ClN5. The first-order valence-electron chi connectivity index (χ1n) is 9.35. The minimum atomic E-state index is 0.522. The van der Waals surface area contributed by atoms with Crippen molar-refractivity contribution in [3.05, 3.63) is 64.6 Å². The number of pyridine rings is 1. The van der Waals surface area contributed by atoms with Crippen molar-refractivity contribution in [1.29, 1.82) is 0 Å². The molecule has 0 amide bonds. The van der Waals surface area contributed by atoms with E-state index in [-0.39, 0.29) is 0 Å². The zero-order valence-electron chi connectivity index (χ0n) is 15.8. The van der Waals surface area contributed by atoms with Gasteiger partial charge in [0.25, 0.3) is 0 Å². The van der Waals surface area contributed by atoms with E-state index in [9.17, 15) is 0 Å². The van der Waals surface area contributed by atoms with E-state index in [1.165, 1.54) is 22.0 Å². The van der Waals surface area contributed by atoms with Gasteiger partial charge in [-0.2, -0.15) is 0 Å². The number of hydrogen-bond donors (Lipinski definition) is 3. The fourth-order valence-corrected chi connectivity index (χ4v) is 3.19. The Bertz CT molecular complexity index is 899. The first kappa shape index (κ1) is 19.2. The number of benzene rings is 1. The predicted molar refractivity (Wildman–Crippen MR) is 114 cm³/mol. The van der Waals surface area contributed by atoms with Crippen molar-refractivity contribution in [2.45, 2.75) is 26.7 Å². The maximum Gasteiger partial charge on any atom is 0.191 e. The number of aromatic amines is 1. The second kappa shape index (κ2) is 9.42. The van der Waals surface area contributed by atoms with Gasteiger partial charge >= 0.3 is 0 Å². The van der Waals surface area contributed by atoms with Crippen molar-refractivity contribution in [2.24, 2.45) is 4.99 Å². The molecule has 0 atom stereocenters. The minimum absolute atomic E-state index is 0.522. The molecular weight excluding hydrogens is 358 g/mol. The summed E-state index contributed by atoms with van der Waals surface area (Å²) in [6, 6.07) is 10.2. The number of hydrogen-bond acceptors (Lipinski definition) is 2. The molecule has 2 aromatic heterocycles. The van der Waals surface area contributed by atoms with Gasteiger partial charge in [-0.3, -0.25) is 4.99 Å². The van der Waals surface area contributed by atoms with Crippen LogP contribution in [0.25, 0.3) is 10.9 Å². The zero-order chi connectivity index (χ0) is 19.1. The number of aryl methyl sites for hydroxylation is 1. The van der Waals surface area contributed by atoms with Crippen LogP contribution in [0.1, 0.15) is 23.6 Å². The van der Waals surface area contributed by atoms with Gasteiger partial charge in [0.15, 0.2) is 5.96 Å². The number of aliphatic imine (C=N–C) groups is 1. The average molecular weight is 384 g/mol. The number of nitrogens with one attached hydrogen (secondary N) is 3. The molecule has 27 heavy (non-hydrogen) atoms. The second-order valence-electron chi connectivity index (χ2n) is 6.49. The van der Waals surface area contributed by atoms with Gasteiger partial charge in [0.2, 0.25) is 0 Å². The third-order valence-corrected chi connectivity index (χ3v) is 4.72. The molecule has 2 heterocycles. The van der Waals surface area contributed by atoms with Gasteiger partial charge in [-0.15, -0.1) is 0 Å². The lowest BCUT2D eigenvalue weighted by Crippen LogP contribution is -2.38. The van der Waals surface area contributed by atoms with Crippen LogP contribution in [0.2, 0.25) is 5.15 Å². The quantitative estimate of drug-likeness (QED) is 0.329. The molecule has 3 N–H and O–H groups in total. The van der Waals surface area contributed by atoms with Crippen LogP contribution >= 0.6 is 11.6 Å². The number of para-hydroxylation sites is 1. The summed E-state index contributed by atoms with van der Waals surface area (Å²) in [6.45, 7) is 6.56. The second-order valence-corrected chi connectivity index (χ2v) is 6.88. The number of aromatic nitrogens is 2. The molecule has 6 heteroatoms. The Labute approximate surface area is 165 Å². The Hall–Kier alpha value is -2.53. The fraction of sp³-hybridized carbons (Fsp3) is 0.333. The van der Waals surface area contributed by atoms with Crippen LogP contribution in [0.3, 0.4) is 0 Å². The summed E-state index contributed by atoms with van der Waals surface area (Å²) >= 11 is 5.82. The minimum Gasteiger partial charge on any atom is -0.361 e. The number of guanidine groups is 1.